The van der Waals surface area contributed by atoms with E-state index in [2.05, 4.69) is 11.7 Å². The van der Waals surface area contributed by atoms with Gasteiger partial charge in [-0.15, -0.1) is 0 Å². The van der Waals surface area contributed by atoms with E-state index in [4.69, 9.17) is 0 Å². The second-order valence-corrected chi connectivity index (χ2v) is 7.59. The molecule has 2 rings (SSSR count). The highest BCUT2D eigenvalue weighted by Crippen LogP contribution is 2.47. The Morgan fingerprint density at radius 1 is 0.931 bits per heavy atom. The van der Waals surface area contributed by atoms with Crippen LogP contribution in [0, 0.1) is 11.7 Å². The first kappa shape index (κ1) is 23.7. The Hall–Kier alpha value is -1.54. The van der Waals surface area contributed by atoms with E-state index in [-0.39, 0.29) is 5.92 Å². The van der Waals surface area contributed by atoms with Gasteiger partial charge in [0.2, 0.25) is 0 Å². The van der Waals surface area contributed by atoms with Crippen LogP contribution in [-0.2, 0) is 0 Å². The Labute approximate surface area is 164 Å². The molecule has 1 aromatic rings. The molecule has 0 radical (unpaired) electrons. The SMILES string of the molecule is CCCCCC1CCC(c2ccc(OC(F)(F)C(F)(F)C(F)(F)F)c(F)c2)CC1. The van der Waals surface area contributed by atoms with Crippen molar-refractivity contribution in [1.82, 2.24) is 0 Å². The molecule has 1 nitrogen and oxygen atoms in total. The highest BCUT2D eigenvalue weighted by Gasteiger charge is 2.75. The third-order valence-electron chi connectivity index (χ3n) is 5.45. The summed E-state index contributed by atoms with van der Waals surface area (Å²) in [5.74, 6) is -8.63. The summed E-state index contributed by atoms with van der Waals surface area (Å²) in [5, 5.41) is 0. The molecule has 0 saturated heterocycles. The number of ether oxygens (including phenoxy) is 1. The van der Waals surface area contributed by atoms with Gasteiger partial charge in [0, 0.05) is 0 Å². The number of rotatable bonds is 8. The van der Waals surface area contributed by atoms with Crippen LogP contribution in [0.4, 0.5) is 35.1 Å². The lowest BCUT2D eigenvalue weighted by atomic mass is 9.77. The van der Waals surface area contributed by atoms with Gasteiger partial charge in [0.05, 0.1) is 0 Å². The molecule has 1 saturated carbocycles. The lowest BCUT2D eigenvalue weighted by Gasteiger charge is -2.30. The predicted molar refractivity (Wildman–Crippen MR) is 91.8 cm³/mol. The second kappa shape index (κ2) is 9.08. The maximum absolute atomic E-state index is 14.1. The third-order valence-corrected chi connectivity index (χ3v) is 5.45. The minimum absolute atomic E-state index is 0.0156. The Morgan fingerprint density at radius 3 is 2.07 bits per heavy atom. The van der Waals surface area contributed by atoms with Crippen molar-refractivity contribution in [3.8, 4) is 5.75 Å². The van der Waals surface area contributed by atoms with Crippen LogP contribution in [0.3, 0.4) is 0 Å². The van der Waals surface area contributed by atoms with Gasteiger partial charge in [-0.3, -0.25) is 0 Å². The van der Waals surface area contributed by atoms with E-state index >= 15 is 0 Å². The van der Waals surface area contributed by atoms with Crippen molar-refractivity contribution in [1.29, 1.82) is 0 Å². The molecule has 9 heteroatoms. The van der Waals surface area contributed by atoms with Crippen LogP contribution in [0.1, 0.15) is 69.8 Å². The fourth-order valence-corrected chi connectivity index (χ4v) is 3.69. The molecule has 1 aromatic carbocycles. The minimum atomic E-state index is -6.54. The minimum Gasteiger partial charge on any atom is -0.425 e. The molecule has 0 unspecified atom stereocenters. The van der Waals surface area contributed by atoms with Crippen molar-refractivity contribution in [3.63, 3.8) is 0 Å². The molecule has 1 aliphatic carbocycles. The van der Waals surface area contributed by atoms with Gasteiger partial charge < -0.3 is 4.74 Å². The first-order valence-electron chi connectivity index (χ1n) is 9.70. The molecule has 0 N–H and O–H groups in total. The van der Waals surface area contributed by atoms with Crippen molar-refractivity contribution in [2.45, 2.75) is 82.4 Å². The van der Waals surface area contributed by atoms with E-state index in [0.717, 1.165) is 51.0 Å². The summed E-state index contributed by atoms with van der Waals surface area (Å²) >= 11 is 0. The number of alkyl halides is 7. The van der Waals surface area contributed by atoms with Crippen LogP contribution in [0.2, 0.25) is 0 Å². The normalized spacial score (nSPS) is 21.3. The quantitative estimate of drug-likeness (QED) is 0.300. The maximum Gasteiger partial charge on any atom is 0.474 e. The number of unbranched alkanes of at least 4 members (excludes halogenated alkanes) is 2. The molecule has 29 heavy (non-hydrogen) atoms. The first-order chi connectivity index (χ1) is 13.4. The van der Waals surface area contributed by atoms with Gasteiger partial charge in [0.25, 0.3) is 0 Å². The maximum atomic E-state index is 14.1. The lowest BCUT2D eigenvalue weighted by Crippen LogP contribution is -2.55. The van der Waals surface area contributed by atoms with Crippen LogP contribution in [0.5, 0.6) is 5.75 Å². The molecule has 0 heterocycles. The number of hydrogen-bond donors (Lipinski definition) is 0. The monoisotopic (exact) mass is 432 g/mol. The average Bonchev–Trinajstić information content (AvgIpc) is 2.63. The summed E-state index contributed by atoms with van der Waals surface area (Å²) in [5.41, 5.74) is 0.493. The zero-order valence-corrected chi connectivity index (χ0v) is 16.0. The van der Waals surface area contributed by atoms with Gasteiger partial charge in [-0.2, -0.15) is 30.7 Å². The molecule has 0 atom stereocenters. The summed E-state index contributed by atoms with van der Waals surface area (Å²) in [6.45, 7) is 2.12. The highest BCUT2D eigenvalue weighted by atomic mass is 19.4. The molecular formula is C20H24F8O. The van der Waals surface area contributed by atoms with Crippen molar-refractivity contribution in [2.75, 3.05) is 0 Å². The topological polar surface area (TPSA) is 9.23 Å². The number of benzene rings is 1. The predicted octanol–water partition coefficient (Wildman–Crippen LogP) is 7.85. The zero-order chi connectivity index (χ0) is 21.9. The number of hydrogen-bond acceptors (Lipinski definition) is 1. The van der Waals surface area contributed by atoms with E-state index in [1.165, 1.54) is 12.5 Å². The molecule has 0 amide bonds. The Kier molecular flexibility index (Phi) is 7.43. The summed E-state index contributed by atoms with van der Waals surface area (Å²) in [6, 6.07) is 2.79. The molecular weight excluding hydrogens is 408 g/mol. The fraction of sp³-hybridized carbons (Fsp3) is 0.700. The molecule has 0 bridgehead atoms. The summed E-state index contributed by atoms with van der Waals surface area (Å²) < 4.78 is 107. The smallest absolute Gasteiger partial charge is 0.425 e. The highest BCUT2D eigenvalue weighted by molar-refractivity contribution is 5.32. The Morgan fingerprint density at radius 2 is 1.55 bits per heavy atom. The molecule has 1 aliphatic rings. The van der Waals surface area contributed by atoms with Crippen molar-refractivity contribution in [3.05, 3.63) is 29.6 Å². The molecule has 0 aliphatic heterocycles. The largest absolute Gasteiger partial charge is 0.474 e. The van der Waals surface area contributed by atoms with Crippen molar-refractivity contribution >= 4 is 0 Å². The molecule has 0 spiro atoms. The van der Waals surface area contributed by atoms with Crippen LogP contribution < -0.4 is 4.74 Å². The summed E-state index contributed by atoms with van der Waals surface area (Å²) in [7, 11) is 0. The summed E-state index contributed by atoms with van der Waals surface area (Å²) in [6.07, 6.45) is -4.44. The van der Waals surface area contributed by atoms with E-state index in [1.807, 2.05) is 0 Å². The first-order valence-corrected chi connectivity index (χ1v) is 9.70. The van der Waals surface area contributed by atoms with Crippen molar-refractivity contribution < 1.29 is 39.9 Å². The third kappa shape index (κ3) is 5.54. The lowest BCUT2D eigenvalue weighted by molar-refractivity contribution is -0.403. The van der Waals surface area contributed by atoms with E-state index in [1.54, 1.807) is 0 Å². The van der Waals surface area contributed by atoms with Gasteiger partial charge in [-0.25, -0.2) is 4.39 Å². The van der Waals surface area contributed by atoms with Crippen LogP contribution in [-0.4, -0.2) is 18.2 Å². The van der Waals surface area contributed by atoms with Gasteiger partial charge in [0.1, 0.15) is 0 Å². The van der Waals surface area contributed by atoms with E-state index < -0.39 is 29.8 Å². The molecule has 0 aromatic heterocycles. The van der Waals surface area contributed by atoms with Crippen LogP contribution in [0.25, 0.3) is 0 Å². The van der Waals surface area contributed by atoms with Crippen LogP contribution in [0.15, 0.2) is 18.2 Å². The molecule has 166 valence electrons. The average molecular weight is 432 g/mol. The second-order valence-electron chi connectivity index (χ2n) is 7.59. The standard InChI is InChI=1S/C20H24F8O/c1-2-3-4-5-13-6-8-14(9-7-13)15-10-11-17(16(21)12-15)29-20(27,28)18(22,23)19(24,25)26/h10-14H,2-9H2,1H3. The zero-order valence-electron chi connectivity index (χ0n) is 16.0. The fourth-order valence-electron chi connectivity index (χ4n) is 3.69. The van der Waals surface area contributed by atoms with E-state index in [0.29, 0.717) is 17.5 Å². The van der Waals surface area contributed by atoms with Crippen LogP contribution >= 0.6 is 0 Å². The van der Waals surface area contributed by atoms with Gasteiger partial charge in [0.15, 0.2) is 11.6 Å². The van der Waals surface area contributed by atoms with Gasteiger partial charge >= 0.3 is 18.2 Å². The Balaban J connectivity index is 2.02. The van der Waals surface area contributed by atoms with Crippen molar-refractivity contribution in [2.24, 2.45) is 5.92 Å². The van der Waals surface area contributed by atoms with Gasteiger partial charge in [-0.05, 0) is 55.2 Å². The van der Waals surface area contributed by atoms with E-state index in [9.17, 15) is 35.1 Å². The van der Waals surface area contributed by atoms with Gasteiger partial charge in [-0.1, -0.05) is 38.7 Å². The molecule has 1 fully saturated rings. The summed E-state index contributed by atoms with van der Waals surface area (Å²) in [4.78, 5) is 0. The Bertz CT molecular complexity index is 663. The number of halogens is 8.